The maximum absolute atomic E-state index is 12.7. The lowest BCUT2D eigenvalue weighted by atomic mass is 10.2. The molecule has 35 heavy (non-hydrogen) atoms. The Kier molecular flexibility index (Phi) is 7.56. The minimum Gasteiger partial charge on any atom is -0.486 e. The number of ether oxygens (including phenoxy) is 3. The molecule has 3 aromatic rings. The average Bonchev–Trinajstić information content (AvgIpc) is 3.16. The number of sulfone groups is 1. The summed E-state index contributed by atoms with van der Waals surface area (Å²) in [7, 11) is -3.62. The highest BCUT2D eigenvalue weighted by Crippen LogP contribution is 2.35. The van der Waals surface area contributed by atoms with Crippen LogP contribution < -0.4 is 14.3 Å². The van der Waals surface area contributed by atoms with Crippen LogP contribution in [0, 0.1) is 6.92 Å². The summed E-state index contributed by atoms with van der Waals surface area (Å²) in [5.74, 6) is -0.0897. The van der Waals surface area contributed by atoms with E-state index in [4.69, 9.17) is 14.2 Å². The molecular weight excluding hydrogens is 492 g/mol. The molecule has 11 heteroatoms. The van der Waals surface area contributed by atoms with Crippen LogP contribution in [0.2, 0.25) is 0 Å². The molecule has 0 aliphatic carbocycles. The van der Waals surface area contributed by atoms with Gasteiger partial charge < -0.3 is 18.8 Å². The maximum atomic E-state index is 12.7. The molecule has 0 radical (unpaired) electrons. The fourth-order valence-electron chi connectivity index (χ4n) is 3.59. The van der Waals surface area contributed by atoms with Crippen molar-refractivity contribution >= 4 is 43.3 Å². The second-order valence-electron chi connectivity index (χ2n) is 7.94. The molecule has 9 nitrogen and oxygen atoms in total. The molecule has 1 amide bonds. The van der Waals surface area contributed by atoms with Crippen molar-refractivity contribution in [3.8, 4) is 11.5 Å². The summed E-state index contributed by atoms with van der Waals surface area (Å²) in [6.45, 7) is 4.99. The molecule has 0 unspecified atom stereocenters. The zero-order valence-electron chi connectivity index (χ0n) is 19.5. The second kappa shape index (κ2) is 10.6. The lowest BCUT2D eigenvalue weighted by Gasteiger charge is -2.18. The number of hydrogen-bond acceptors (Lipinski definition) is 8. The predicted octanol–water partition coefficient (Wildman–Crippen LogP) is 3.03. The van der Waals surface area contributed by atoms with Gasteiger partial charge in [0.2, 0.25) is 5.91 Å². The number of nitrogens with zero attached hydrogens (tertiary/aromatic N) is 2. The van der Waals surface area contributed by atoms with Gasteiger partial charge in [0.1, 0.15) is 13.2 Å². The van der Waals surface area contributed by atoms with Gasteiger partial charge in [-0.1, -0.05) is 29.0 Å². The lowest BCUT2D eigenvalue weighted by molar-refractivity contribution is -0.143. The van der Waals surface area contributed by atoms with Gasteiger partial charge in [0, 0.05) is 25.1 Å². The Morgan fingerprint density at radius 3 is 2.46 bits per heavy atom. The molecule has 0 bridgehead atoms. The average molecular weight is 519 g/mol. The normalized spacial score (nSPS) is 13.7. The number of fused-ring (bicyclic) bond motifs is 2. The molecular formula is C24H26N2O7S2. The van der Waals surface area contributed by atoms with E-state index in [2.05, 4.69) is 4.99 Å². The highest BCUT2D eigenvalue weighted by atomic mass is 32.2. The summed E-state index contributed by atoms with van der Waals surface area (Å²) in [5.41, 5.74) is 1.69. The van der Waals surface area contributed by atoms with E-state index >= 15 is 0 Å². The zero-order valence-corrected chi connectivity index (χ0v) is 21.1. The van der Waals surface area contributed by atoms with Crippen molar-refractivity contribution in [2.75, 3.05) is 25.6 Å². The fourth-order valence-corrected chi connectivity index (χ4v) is 5.91. The summed E-state index contributed by atoms with van der Waals surface area (Å²) in [4.78, 5) is 29.4. The molecule has 0 saturated heterocycles. The van der Waals surface area contributed by atoms with Crippen molar-refractivity contribution < 1.29 is 32.2 Å². The van der Waals surface area contributed by atoms with Crippen LogP contribution in [-0.2, 0) is 30.7 Å². The first-order chi connectivity index (χ1) is 16.8. The van der Waals surface area contributed by atoms with Crippen LogP contribution in [0.3, 0.4) is 0 Å². The Morgan fingerprint density at radius 2 is 1.77 bits per heavy atom. The van der Waals surface area contributed by atoms with Crippen molar-refractivity contribution in [2.45, 2.75) is 38.1 Å². The van der Waals surface area contributed by atoms with Gasteiger partial charge >= 0.3 is 5.97 Å². The number of carbonyl (C=O) groups is 2. The number of rotatable bonds is 8. The molecule has 1 aromatic heterocycles. The predicted molar refractivity (Wildman–Crippen MR) is 130 cm³/mol. The number of esters is 1. The van der Waals surface area contributed by atoms with Gasteiger partial charge in [-0.25, -0.2) is 8.42 Å². The van der Waals surface area contributed by atoms with Crippen LogP contribution in [0.1, 0.15) is 25.3 Å². The molecule has 0 spiro atoms. The third kappa shape index (κ3) is 5.91. The van der Waals surface area contributed by atoms with Gasteiger partial charge in [0.05, 0.1) is 33.9 Å². The molecule has 2 heterocycles. The Morgan fingerprint density at radius 1 is 1.09 bits per heavy atom. The Hall–Kier alpha value is -3.18. The molecule has 0 N–H and O–H groups in total. The van der Waals surface area contributed by atoms with E-state index in [0.717, 1.165) is 15.8 Å². The Labute approximate surface area is 206 Å². The summed E-state index contributed by atoms with van der Waals surface area (Å²) >= 11 is 1.26. The molecule has 0 atom stereocenters. The number of aryl methyl sites for hydroxylation is 2. The summed E-state index contributed by atoms with van der Waals surface area (Å²) in [5, 5.41) is 0. The Balaban J connectivity index is 1.62. The van der Waals surface area contributed by atoms with E-state index in [1.54, 1.807) is 29.7 Å². The van der Waals surface area contributed by atoms with Crippen LogP contribution in [0.4, 0.5) is 0 Å². The number of amides is 1. The van der Waals surface area contributed by atoms with Gasteiger partial charge in [-0.2, -0.15) is 4.99 Å². The highest BCUT2D eigenvalue weighted by Gasteiger charge is 2.19. The first-order valence-corrected chi connectivity index (χ1v) is 13.7. The first kappa shape index (κ1) is 24.9. The van der Waals surface area contributed by atoms with E-state index in [9.17, 15) is 18.0 Å². The molecule has 0 fully saturated rings. The molecule has 1 aliphatic heterocycles. The third-order valence-corrected chi connectivity index (χ3v) is 8.15. The van der Waals surface area contributed by atoms with Gasteiger partial charge in [-0.3, -0.25) is 9.59 Å². The standard InChI is InChI=1S/C24H26N2O7S2/c1-3-31-23(28)8-10-26-18-14-19-20(33-12-11-32-19)15-21(18)34-24(26)25-22(27)9-13-35(29,30)17-6-4-16(2)5-7-17/h4-7,14-15H,3,8-13H2,1-2H3. The van der Waals surface area contributed by atoms with Crippen molar-refractivity contribution in [1.29, 1.82) is 0 Å². The van der Waals surface area contributed by atoms with E-state index < -0.39 is 15.7 Å². The van der Waals surface area contributed by atoms with Gasteiger partial charge in [-0.05, 0) is 26.0 Å². The van der Waals surface area contributed by atoms with Crippen LogP contribution in [0.15, 0.2) is 46.3 Å². The van der Waals surface area contributed by atoms with Gasteiger partial charge in [0.25, 0.3) is 0 Å². The number of hydrogen-bond donors (Lipinski definition) is 0. The third-order valence-electron chi connectivity index (χ3n) is 5.38. The monoisotopic (exact) mass is 518 g/mol. The number of aromatic nitrogens is 1. The van der Waals surface area contributed by atoms with E-state index in [1.807, 2.05) is 13.0 Å². The van der Waals surface area contributed by atoms with Gasteiger partial charge in [0.15, 0.2) is 26.1 Å². The minimum absolute atomic E-state index is 0.0945. The summed E-state index contributed by atoms with van der Waals surface area (Å²) in [6.07, 6.45) is -0.164. The second-order valence-corrected chi connectivity index (χ2v) is 11.1. The van der Waals surface area contributed by atoms with Crippen molar-refractivity contribution in [1.82, 2.24) is 4.57 Å². The molecule has 186 valence electrons. The lowest BCUT2D eigenvalue weighted by Crippen LogP contribution is -2.20. The van der Waals surface area contributed by atoms with Crippen LogP contribution in [0.25, 0.3) is 10.2 Å². The van der Waals surface area contributed by atoms with E-state index in [1.165, 1.54) is 23.5 Å². The fraction of sp³-hybridized carbons (Fsp3) is 0.375. The van der Waals surface area contributed by atoms with Crippen LogP contribution in [-0.4, -0.2) is 50.4 Å². The number of benzene rings is 2. The van der Waals surface area contributed by atoms with Gasteiger partial charge in [-0.15, -0.1) is 0 Å². The SMILES string of the molecule is CCOC(=O)CCn1c(=NC(=O)CCS(=O)(=O)c2ccc(C)cc2)sc2cc3c(cc21)OCCO3. The summed E-state index contributed by atoms with van der Waals surface area (Å²) < 4.78 is 44.2. The quantitative estimate of drug-likeness (QED) is 0.421. The topological polar surface area (TPSA) is 113 Å². The van der Waals surface area contributed by atoms with E-state index in [-0.39, 0.29) is 42.6 Å². The van der Waals surface area contributed by atoms with Crippen LogP contribution >= 0.6 is 11.3 Å². The highest BCUT2D eigenvalue weighted by molar-refractivity contribution is 7.91. The molecule has 1 aliphatic rings. The molecule has 0 saturated carbocycles. The Bertz CT molecular complexity index is 1420. The van der Waals surface area contributed by atoms with Crippen LogP contribution in [0.5, 0.6) is 11.5 Å². The summed E-state index contributed by atoms with van der Waals surface area (Å²) in [6, 6.07) is 10.1. The first-order valence-electron chi connectivity index (χ1n) is 11.2. The smallest absolute Gasteiger partial charge is 0.307 e. The number of carbonyl (C=O) groups excluding carboxylic acids is 2. The maximum Gasteiger partial charge on any atom is 0.307 e. The van der Waals surface area contributed by atoms with Crippen molar-refractivity contribution in [3.05, 3.63) is 46.8 Å². The van der Waals surface area contributed by atoms with Crippen molar-refractivity contribution in [2.24, 2.45) is 4.99 Å². The van der Waals surface area contributed by atoms with E-state index in [0.29, 0.717) is 29.5 Å². The largest absolute Gasteiger partial charge is 0.486 e. The molecule has 2 aromatic carbocycles. The zero-order chi connectivity index (χ0) is 25.0. The number of thiazole rings is 1. The van der Waals surface area contributed by atoms with Crippen molar-refractivity contribution in [3.63, 3.8) is 0 Å². The molecule has 4 rings (SSSR count). The minimum atomic E-state index is -3.62.